The maximum absolute atomic E-state index is 3.21. The fourth-order valence-corrected chi connectivity index (χ4v) is 2.64. The molecule has 0 radical (unpaired) electrons. The maximum atomic E-state index is 3.21. The molecule has 3 nitrogen and oxygen atoms in total. The molecule has 0 aliphatic carbocycles. The molecule has 102 valence electrons. The Morgan fingerprint density at radius 2 is 1.88 bits per heavy atom. The maximum Gasteiger partial charge on any atom is 0.000756 e. The third kappa shape index (κ3) is 7.02. The largest absolute Gasteiger partial charge is 0.320 e. The van der Waals surface area contributed by atoms with Crippen molar-refractivity contribution in [3.63, 3.8) is 0 Å². The molecule has 0 amide bonds. The lowest BCUT2D eigenvalue weighted by Crippen LogP contribution is -2.36. The number of piperidine rings is 1. The first kappa shape index (κ1) is 14.9. The van der Waals surface area contributed by atoms with E-state index in [0.29, 0.717) is 0 Å². The van der Waals surface area contributed by atoms with E-state index in [1.54, 1.807) is 0 Å². The highest BCUT2D eigenvalue weighted by Gasteiger charge is 2.17. The first-order valence-corrected chi connectivity index (χ1v) is 7.24. The second-order valence-electron chi connectivity index (χ2n) is 5.67. The molecule has 1 aliphatic heterocycles. The molecule has 1 heterocycles. The molecule has 1 aliphatic rings. The summed E-state index contributed by atoms with van der Waals surface area (Å²) >= 11 is 0. The van der Waals surface area contributed by atoms with Crippen LogP contribution in [-0.4, -0.2) is 63.7 Å². The van der Waals surface area contributed by atoms with Gasteiger partial charge in [0.05, 0.1) is 0 Å². The Hall–Kier alpha value is -0.120. The Bertz CT molecular complexity index is 176. The molecule has 0 aromatic heterocycles. The van der Waals surface area contributed by atoms with Crippen LogP contribution in [0.5, 0.6) is 0 Å². The fourth-order valence-electron chi connectivity index (χ4n) is 2.64. The van der Waals surface area contributed by atoms with Crippen molar-refractivity contribution < 1.29 is 0 Å². The van der Waals surface area contributed by atoms with Gasteiger partial charge in [0.2, 0.25) is 0 Å². The molecular weight excluding hydrogens is 210 g/mol. The van der Waals surface area contributed by atoms with E-state index in [1.807, 2.05) is 7.05 Å². The zero-order valence-electron chi connectivity index (χ0n) is 12.0. The Balaban J connectivity index is 1.98. The lowest BCUT2D eigenvalue weighted by atomic mass is 9.96. The number of hydrogen-bond donors (Lipinski definition) is 1. The van der Waals surface area contributed by atoms with Gasteiger partial charge >= 0.3 is 0 Å². The molecule has 0 aromatic rings. The molecule has 0 unspecified atom stereocenters. The van der Waals surface area contributed by atoms with E-state index >= 15 is 0 Å². The molecule has 0 aromatic carbocycles. The van der Waals surface area contributed by atoms with Gasteiger partial charge in [-0.25, -0.2) is 0 Å². The van der Waals surface area contributed by atoms with E-state index < -0.39 is 0 Å². The van der Waals surface area contributed by atoms with Crippen molar-refractivity contribution in [3.05, 3.63) is 0 Å². The lowest BCUT2D eigenvalue weighted by molar-refractivity contribution is 0.175. The summed E-state index contributed by atoms with van der Waals surface area (Å²) < 4.78 is 0. The second kappa shape index (κ2) is 8.90. The van der Waals surface area contributed by atoms with Gasteiger partial charge in [0.1, 0.15) is 0 Å². The molecule has 0 saturated carbocycles. The van der Waals surface area contributed by atoms with Crippen molar-refractivity contribution in [2.75, 3.05) is 53.9 Å². The number of likely N-dealkylation sites (tertiary alicyclic amines) is 1. The molecule has 1 saturated heterocycles. The number of hydrogen-bond acceptors (Lipinski definition) is 3. The minimum atomic E-state index is 0.938. The van der Waals surface area contributed by atoms with E-state index in [2.05, 4.69) is 29.2 Å². The van der Waals surface area contributed by atoms with Crippen LogP contribution in [0.25, 0.3) is 0 Å². The molecule has 1 rings (SSSR count). The van der Waals surface area contributed by atoms with Gasteiger partial charge in [0, 0.05) is 6.54 Å². The predicted octanol–water partition coefficient (Wildman–Crippen LogP) is 1.65. The lowest BCUT2D eigenvalue weighted by Gasteiger charge is -2.31. The Labute approximate surface area is 108 Å². The van der Waals surface area contributed by atoms with Crippen LogP contribution >= 0.6 is 0 Å². The van der Waals surface area contributed by atoms with E-state index in [9.17, 15) is 0 Å². The first-order valence-electron chi connectivity index (χ1n) is 7.24. The minimum Gasteiger partial charge on any atom is -0.320 e. The van der Waals surface area contributed by atoms with Crippen LogP contribution in [-0.2, 0) is 0 Å². The highest BCUT2D eigenvalue weighted by Crippen LogP contribution is 2.16. The van der Waals surface area contributed by atoms with Gasteiger partial charge in [0.25, 0.3) is 0 Å². The Morgan fingerprint density at radius 3 is 2.53 bits per heavy atom. The van der Waals surface area contributed by atoms with Crippen LogP contribution in [0.3, 0.4) is 0 Å². The van der Waals surface area contributed by atoms with E-state index in [0.717, 1.165) is 5.92 Å². The van der Waals surface area contributed by atoms with Gasteiger partial charge in [-0.1, -0.05) is 6.42 Å². The van der Waals surface area contributed by atoms with Gasteiger partial charge in [-0.2, -0.15) is 0 Å². The monoisotopic (exact) mass is 241 g/mol. The van der Waals surface area contributed by atoms with Gasteiger partial charge in [0.15, 0.2) is 0 Å². The molecule has 1 N–H and O–H groups in total. The van der Waals surface area contributed by atoms with Crippen molar-refractivity contribution >= 4 is 0 Å². The van der Waals surface area contributed by atoms with Crippen molar-refractivity contribution in [2.45, 2.75) is 32.1 Å². The summed E-state index contributed by atoms with van der Waals surface area (Å²) in [5.74, 6) is 0.938. The normalized spacial score (nSPS) is 19.1. The summed E-state index contributed by atoms with van der Waals surface area (Å²) in [6, 6.07) is 0. The number of unbranched alkanes of at least 4 members (excludes halogenated alkanes) is 2. The van der Waals surface area contributed by atoms with Crippen LogP contribution in [0.2, 0.25) is 0 Å². The smallest absolute Gasteiger partial charge is 0.000756 e. The summed E-state index contributed by atoms with van der Waals surface area (Å²) in [5.41, 5.74) is 0. The van der Waals surface area contributed by atoms with E-state index in [4.69, 9.17) is 0 Å². The molecule has 3 heteroatoms. The summed E-state index contributed by atoms with van der Waals surface area (Å²) in [6.07, 6.45) is 6.81. The molecule has 0 atom stereocenters. The quantitative estimate of drug-likeness (QED) is 0.652. The zero-order valence-corrected chi connectivity index (χ0v) is 12.0. The summed E-state index contributed by atoms with van der Waals surface area (Å²) in [4.78, 5) is 4.99. The third-order valence-electron chi connectivity index (χ3n) is 3.87. The first-order chi connectivity index (χ1) is 8.22. The molecule has 0 spiro atoms. The fraction of sp³-hybridized carbons (Fsp3) is 1.00. The van der Waals surface area contributed by atoms with Crippen molar-refractivity contribution in [3.8, 4) is 0 Å². The van der Waals surface area contributed by atoms with Crippen LogP contribution in [0.4, 0.5) is 0 Å². The average molecular weight is 241 g/mol. The molecule has 1 fully saturated rings. The number of rotatable bonds is 8. The minimum absolute atomic E-state index is 0.938. The SMILES string of the molecule is CNCCCCCN(C)CC1CCN(C)CC1. The molecular formula is C14H31N3. The van der Waals surface area contributed by atoms with Crippen LogP contribution in [0.1, 0.15) is 32.1 Å². The van der Waals surface area contributed by atoms with Gasteiger partial charge in [-0.05, 0) is 78.9 Å². The van der Waals surface area contributed by atoms with Crippen LogP contribution in [0, 0.1) is 5.92 Å². The zero-order chi connectivity index (χ0) is 12.5. The predicted molar refractivity (Wildman–Crippen MR) is 75.5 cm³/mol. The van der Waals surface area contributed by atoms with E-state index in [-0.39, 0.29) is 0 Å². The highest BCUT2D eigenvalue weighted by molar-refractivity contribution is 4.72. The van der Waals surface area contributed by atoms with Gasteiger partial charge in [-0.15, -0.1) is 0 Å². The van der Waals surface area contributed by atoms with Gasteiger partial charge in [-0.3, -0.25) is 0 Å². The standard InChI is InChI=1S/C14H31N3/c1-15-9-5-4-6-10-17(3)13-14-7-11-16(2)12-8-14/h14-15H,4-13H2,1-3H3. The Kier molecular flexibility index (Phi) is 7.82. The van der Waals surface area contributed by atoms with Crippen LogP contribution in [0.15, 0.2) is 0 Å². The van der Waals surface area contributed by atoms with E-state index in [1.165, 1.54) is 64.8 Å². The van der Waals surface area contributed by atoms with Crippen LogP contribution < -0.4 is 5.32 Å². The number of nitrogens with zero attached hydrogens (tertiary/aromatic N) is 2. The molecule has 0 bridgehead atoms. The average Bonchev–Trinajstić information content (AvgIpc) is 2.32. The second-order valence-corrected chi connectivity index (χ2v) is 5.67. The number of nitrogens with one attached hydrogen (secondary N) is 1. The van der Waals surface area contributed by atoms with Crippen molar-refractivity contribution in [1.82, 2.24) is 15.1 Å². The third-order valence-corrected chi connectivity index (χ3v) is 3.87. The molecule has 17 heavy (non-hydrogen) atoms. The van der Waals surface area contributed by atoms with Crippen molar-refractivity contribution in [1.29, 1.82) is 0 Å². The summed E-state index contributed by atoms with van der Waals surface area (Å²) in [5, 5.41) is 3.21. The highest BCUT2D eigenvalue weighted by atomic mass is 15.1. The summed E-state index contributed by atoms with van der Waals surface area (Å²) in [7, 11) is 6.56. The summed E-state index contributed by atoms with van der Waals surface area (Å²) in [6.45, 7) is 6.33. The van der Waals surface area contributed by atoms with Crippen molar-refractivity contribution in [2.24, 2.45) is 5.92 Å². The van der Waals surface area contributed by atoms with Gasteiger partial charge < -0.3 is 15.1 Å². The topological polar surface area (TPSA) is 18.5 Å². The Morgan fingerprint density at radius 1 is 1.18 bits per heavy atom.